The summed E-state index contributed by atoms with van der Waals surface area (Å²) >= 11 is 7.07. The van der Waals surface area contributed by atoms with Crippen LogP contribution in [-0.4, -0.2) is 35.5 Å². The van der Waals surface area contributed by atoms with Gasteiger partial charge in [0, 0.05) is 18.0 Å². The van der Waals surface area contributed by atoms with Gasteiger partial charge in [-0.1, -0.05) is 18.0 Å². The second-order valence-corrected chi connectivity index (χ2v) is 7.16. The van der Waals surface area contributed by atoms with Crippen molar-refractivity contribution in [2.75, 3.05) is 25.0 Å². The Labute approximate surface area is 154 Å². The van der Waals surface area contributed by atoms with Crippen LogP contribution in [0.2, 0.25) is 5.02 Å². The van der Waals surface area contributed by atoms with Crippen molar-refractivity contribution in [1.29, 1.82) is 0 Å². The van der Waals surface area contributed by atoms with Gasteiger partial charge in [-0.2, -0.15) is 0 Å². The lowest BCUT2D eigenvalue weighted by Crippen LogP contribution is -2.29. The summed E-state index contributed by atoms with van der Waals surface area (Å²) in [6.07, 6.45) is 3.77. The Balaban J connectivity index is 1.46. The zero-order valence-corrected chi connectivity index (χ0v) is 15.2. The number of nitrogens with one attached hydrogen (secondary N) is 1. The van der Waals surface area contributed by atoms with Crippen molar-refractivity contribution in [1.82, 2.24) is 9.88 Å². The first kappa shape index (κ1) is 18.1. The van der Waals surface area contributed by atoms with Crippen molar-refractivity contribution in [2.45, 2.75) is 25.8 Å². The highest BCUT2D eigenvalue weighted by atomic mass is 35.5. The van der Waals surface area contributed by atoms with E-state index in [9.17, 15) is 9.18 Å². The van der Waals surface area contributed by atoms with Crippen molar-refractivity contribution >= 4 is 34.0 Å². The molecule has 0 bridgehead atoms. The molecule has 1 aliphatic heterocycles. The minimum atomic E-state index is -0.525. The zero-order chi connectivity index (χ0) is 17.6. The Morgan fingerprint density at radius 3 is 2.92 bits per heavy atom. The summed E-state index contributed by atoms with van der Waals surface area (Å²) in [7, 11) is 0. The van der Waals surface area contributed by atoms with Gasteiger partial charge in [-0.3, -0.25) is 15.0 Å². The van der Waals surface area contributed by atoms with Gasteiger partial charge < -0.3 is 4.74 Å². The maximum absolute atomic E-state index is 13.1. The lowest BCUT2D eigenvalue weighted by Gasteiger charge is -2.25. The monoisotopic (exact) mass is 383 g/mol. The van der Waals surface area contributed by atoms with Gasteiger partial charge >= 0.3 is 0 Å². The number of aromatic nitrogens is 1. The van der Waals surface area contributed by atoms with E-state index in [1.807, 2.05) is 5.38 Å². The van der Waals surface area contributed by atoms with Crippen molar-refractivity contribution in [3.8, 4) is 5.75 Å². The first-order valence-corrected chi connectivity index (χ1v) is 9.40. The molecule has 0 saturated carbocycles. The highest BCUT2D eigenvalue weighted by Gasteiger charge is 2.13. The molecule has 1 fully saturated rings. The van der Waals surface area contributed by atoms with Crippen LogP contribution < -0.4 is 10.1 Å². The van der Waals surface area contributed by atoms with E-state index in [0.29, 0.717) is 10.9 Å². The standard InChI is InChI=1S/C17H19ClFN3O2S/c18-14-8-13(4-5-15(14)19)24-10-16(23)21-17-20-12(11-25-17)9-22-6-2-1-3-7-22/h4-5,8,11H,1-3,6-7,9-10H2,(H,20,21,23). The molecule has 2 aromatic rings. The summed E-state index contributed by atoms with van der Waals surface area (Å²) in [6.45, 7) is 2.83. The van der Waals surface area contributed by atoms with Gasteiger partial charge in [0.05, 0.1) is 10.7 Å². The number of hydrogen-bond donors (Lipinski definition) is 1. The van der Waals surface area contributed by atoms with Gasteiger partial charge in [0.1, 0.15) is 11.6 Å². The predicted molar refractivity (Wildman–Crippen MR) is 96.8 cm³/mol. The average Bonchev–Trinajstić information content (AvgIpc) is 3.03. The molecule has 8 heteroatoms. The third kappa shape index (κ3) is 5.39. The molecule has 1 aromatic heterocycles. The Morgan fingerprint density at radius 1 is 1.36 bits per heavy atom. The lowest BCUT2D eigenvalue weighted by atomic mass is 10.1. The number of likely N-dealkylation sites (tertiary alicyclic amines) is 1. The highest BCUT2D eigenvalue weighted by Crippen LogP contribution is 2.21. The topological polar surface area (TPSA) is 54.5 Å². The van der Waals surface area contributed by atoms with Gasteiger partial charge in [-0.15, -0.1) is 11.3 Å². The second-order valence-electron chi connectivity index (χ2n) is 5.89. The minimum absolute atomic E-state index is 0.0415. The van der Waals surface area contributed by atoms with E-state index in [4.69, 9.17) is 16.3 Å². The van der Waals surface area contributed by atoms with Crippen LogP contribution in [-0.2, 0) is 11.3 Å². The Bertz CT molecular complexity index is 734. The fourth-order valence-corrected chi connectivity index (χ4v) is 3.54. The van der Waals surface area contributed by atoms with Gasteiger partial charge in [-0.25, -0.2) is 9.37 Å². The number of carbonyl (C=O) groups excluding carboxylic acids is 1. The van der Waals surface area contributed by atoms with Crippen molar-refractivity contribution in [3.63, 3.8) is 0 Å². The molecule has 1 aliphatic rings. The summed E-state index contributed by atoms with van der Waals surface area (Å²) < 4.78 is 18.4. The molecule has 1 N–H and O–H groups in total. The Hall–Kier alpha value is -1.70. The molecule has 0 radical (unpaired) electrons. The first-order chi connectivity index (χ1) is 12.1. The number of hydrogen-bond acceptors (Lipinski definition) is 5. The van der Waals surface area contributed by atoms with E-state index in [-0.39, 0.29) is 17.5 Å². The van der Waals surface area contributed by atoms with E-state index in [1.165, 1.54) is 48.8 Å². The van der Waals surface area contributed by atoms with Crippen LogP contribution in [0.25, 0.3) is 0 Å². The largest absolute Gasteiger partial charge is 0.484 e. The molecule has 25 heavy (non-hydrogen) atoms. The smallest absolute Gasteiger partial charge is 0.264 e. The van der Waals surface area contributed by atoms with Gasteiger partial charge in [0.2, 0.25) is 0 Å². The molecule has 1 aromatic carbocycles. The summed E-state index contributed by atoms with van der Waals surface area (Å²) in [6, 6.07) is 3.96. The number of ether oxygens (including phenoxy) is 1. The number of nitrogens with zero attached hydrogens (tertiary/aromatic N) is 2. The van der Waals surface area contributed by atoms with Crippen molar-refractivity contribution in [3.05, 3.63) is 40.1 Å². The molecule has 134 valence electrons. The maximum atomic E-state index is 13.1. The summed E-state index contributed by atoms with van der Waals surface area (Å²) in [4.78, 5) is 18.8. The Morgan fingerprint density at radius 2 is 2.16 bits per heavy atom. The SMILES string of the molecule is O=C(COc1ccc(F)c(Cl)c1)Nc1nc(CN2CCCCC2)cs1. The van der Waals surface area contributed by atoms with Crippen LogP contribution in [0.15, 0.2) is 23.6 Å². The maximum Gasteiger partial charge on any atom is 0.264 e. The van der Waals surface area contributed by atoms with Crippen LogP contribution >= 0.6 is 22.9 Å². The molecule has 0 aliphatic carbocycles. The van der Waals surface area contributed by atoms with Crippen molar-refractivity contribution in [2.24, 2.45) is 0 Å². The predicted octanol–water partition coefficient (Wildman–Crippen LogP) is 3.94. The van der Waals surface area contributed by atoms with E-state index in [0.717, 1.165) is 25.3 Å². The van der Waals surface area contributed by atoms with Crippen molar-refractivity contribution < 1.29 is 13.9 Å². The molecular formula is C17H19ClFN3O2S. The number of amides is 1. The van der Waals surface area contributed by atoms with E-state index < -0.39 is 5.82 Å². The van der Waals surface area contributed by atoms with Crippen LogP contribution in [0.1, 0.15) is 25.0 Å². The molecule has 3 rings (SSSR count). The van der Waals surface area contributed by atoms with E-state index in [2.05, 4.69) is 15.2 Å². The van der Waals surface area contributed by atoms with Gasteiger partial charge in [0.15, 0.2) is 11.7 Å². The third-order valence-electron chi connectivity index (χ3n) is 3.89. The Kier molecular flexibility index (Phi) is 6.23. The number of piperidine rings is 1. The van der Waals surface area contributed by atoms with Crippen LogP contribution in [0.4, 0.5) is 9.52 Å². The number of benzene rings is 1. The molecule has 0 atom stereocenters. The molecule has 0 unspecified atom stereocenters. The van der Waals surface area contributed by atoms with E-state index >= 15 is 0 Å². The second kappa shape index (κ2) is 8.60. The number of thiazole rings is 1. The third-order valence-corrected chi connectivity index (χ3v) is 4.99. The molecule has 1 saturated heterocycles. The van der Waals surface area contributed by atoms with Crippen LogP contribution in [0.3, 0.4) is 0 Å². The normalized spacial score (nSPS) is 15.1. The summed E-state index contributed by atoms with van der Waals surface area (Å²) in [5, 5.41) is 5.19. The number of carbonyl (C=O) groups is 1. The summed E-state index contributed by atoms with van der Waals surface area (Å²) in [5.41, 5.74) is 0.966. The fraction of sp³-hybridized carbons (Fsp3) is 0.412. The molecule has 5 nitrogen and oxygen atoms in total. The van der Waals surface area contributed by atoms with Gasteiger partial charge in [-0.05, 0) is 38.1 Å². The van der Waals surface area contributed by atoms with Gasteiger partial charge in [0.25, 0.3) is 5.91 Å². The number of rotatable bonds is 6. The minimum Gasteiger partial charge on any atom is -0.484 e. The first-order valence-electron chi connectivity index (χ1n) is 8.14. The van der Waals surface area contributed by atoms with Crippen LogP contribution in [0, 0.1) is 5.82 Å². The van der Waals surface area contributed by atoms with Crippen LogP contribution in [0.5, 0.6) is 5.75 Å². The average molecular weight is 384 g/mol. The molecule has 2 heterocycles. The fourth-order valence-electron chi connectivity index (χ4n) is 2.65. The zero-order valence-electron chi connectivity index (χ0n) is 13.6. The number of halogens is 2. The molecular weight excluding hydrogens is 365 g/mol. The van der Waals surface area contributed by atoms with E-state index in [1.54, 1.807) is 0 Å². The quantitative estimate of drug-likeness (QED) is 0.820. The lowest BCUT2D eigenvalue weighted by molar-refractivity contribution is -0.118. The number of anilines is 1. The highest BCUT2D eigenvalue weighted by molar-refractivity contribution is 7.13. The summed E-state index contributed by atoms with van der Waals surface area (Å²) in [5.74, 6) is -0.506. The molecule has 1 amide bonds. The molecule has 0 spiro atoms.